The molecule has 1 atom stereocenters. The van der Waals surface area contributed by atoms with E-state index < -0.39 is 0 Å². The number of rotatable bonds is 5. The van der Waals surface area contributed by atoms with Crippen LogP contribution in [0.3, 0.4) is 0 Å². The average molecular weight is 222 g/mol. The first-order chi connectivity index (χ1) is 7.85. The number of unbranched alkanes of at least 4 members (excludes halogenated alkanes) is 2. The molecule has 1 aliphatic rings. The van der Waals surface area contributed by atoms with Gasteiger partial charge in [-0.25, -0.2) is 0 Å². The van der Waals surface area contributed by atoms with Crippen molar-refractivity contribution in [3.8, 4) is 0 Å². The topological polar surface area (TPSA) is 56.7 Å². The summed E-state index contributed by atoms with van der Waals surface area (Å²) < 4.78 is 2.30. The highest BCUT2D eigenvalue weighted by atomic mass is 15.3. The fourth-order valence-electron chi connectivity index (χ4n) is 2.36. The van der Waals surface area contributed by atoms with Crippen LogP contribution in [0.1, 0.15) is 44.3 Å². The third kappa shape index (κ3) is 2.43. The van der Waals surface area contributed by atoms with E-state index in [-0.39, 0.29) is 0 Å². The first-order valence-corrected chi connectivity index (χ1v) is 6.46. The Balaban J connectivity index is 2.01. The molecule has 0 bridgehead atoms. The molecule has 1 aromatic rings. The predicted molar refractivity (Wildman–Crippen MR) is 64.1 cm³/mol. The van der Waals surface area contributed by atoms with Gasteiger partial charge >= 0.3 is 0 Å². The minimum Gasteiger partial charge on any atom is -0.330 e. The average Bonchev–Trinajstić information content (AvgIpc) is 2.72. The van der Waals surface area contributed by atoms with Gasteiger partial charge in [0, 0.05) is 19.4 Å². The maximum atomic E-state index is 5.75. The van der Waals surface area contributed by atoms with E-state index in [2.05, 4.69) is 21.7 Å². The molecule has 2 heterocycles. The standard InChI is InChI=1S/C12H22N4/c1-2-3-4-5-11-14-15-12-7-6-10(8-13)9-16(11)12/h10H,2-9,13H2,1H3. The molecule has 4 heteroatoms. The van der Waals surface area contributed by atoms with E-state index in [9.17, 15) is 0 Å². The zero-order chi connectivity index (χ0) is 11.4. The van der Waals surface area contributed by atoms with Crippen molar-refractivity contribution >= 4 is 0 Å². The molecule has 1 aliphatic heterocycles. The van der Waals surface area contributed by atoms with Crippen molar-refractivity contribution in [2.45, 2.75) is 52.0 Å². The van der Waals surface area contributed by atoms with Crippen LogP contribution >= 0.6 is 0 Å². The highest BCUT2D eigenvalue weighted by Gasteiger charge is 2.21. The Labute approximate surface area is 97.2 Å². The van der Waals surface area contributed by atoms with E-state index in [0.717, 1.165) is 31.8 Å². The number of nitrogens with zero attached hydrogens (tertiary/aromatic N) is 3. The molecule has 1 unspecified atom stereocenters. The minimum absolute atomic E-state index is 0.619. The van der Waals surface area contributed by atoms with Crippen LogP contribution in [0.4, 0.5) is 0 Å². The Morgan fingerprint density at radius 3 is 3.00 bits per heavy atom. The lowest BCUT2D eigenvalue weighted by Crippen LogP contribution is -2.27. The summed E-state index contributed by atoms with van der Waals surface area (Å²) in [6, 6.07) is 0. The van der Waals surface area contributed by atoms with Crippen molar-refractivity contribution in [3.05, 3.63) is 11.6 Å². The summed E-state index contributed by atoms with van der Waals surface area (Å²) in [5.41, 5.74) is 5.75. The van der Waals surface area contributed by atoms with E-state index in [4.69, 9.17) is 5.73 Å². The van der Waals surface area contributed by atoms with Crippen molar-refractivity contribution in [2.75, 3.05) is 6.54 Å². The van der Waals surface area contributed by atoms with Gasteiger partial charge in [0.05, 0.1) is 0 Å². The van der Waals surface area contributed by atoms with Crippen LogP contribution in [0, 0.1) is 5.92 Å². The SMILES string of the molecule is CCCCCc1nnc2n1CC(CN)CC2. The molecule has 2 rings (SSSR count). The molecule has 0 fully saturated rings. The first-order valence-electron chi connectivity index (χ1n) is 6.46. The van der Waals surface area contributed by atoms with Gasteiger partial charge in [0.2, 0.25) is 0 Å². The fraction of sp³-hybridized carbons (Fsp3) is 0.833. The zero-order valence-corrected chi connectivity index (χ0v) is 10.2. The summed E-state index contributed by atoms with van der Waals surface area (Å²) in [5, 5.41) is 8.59. The fourth-order valence-corrected chi connectivity index (χ4v) is 2.36. The Bertz CT molecular complexity index is 332. The maximum absolute atomic E-state index is 5.75. The van der Waals surface area contributed by atoms with Crippen LogP contribution in [-0.4, -0.2) is 21.3 Å². The Morgan fingerprint density at radius 1 is 1.38 bits per heavy atom. The van der Waals surface area contributed by atoms with Gasteiger partial charge in [-0.05, 0) is 25.3 Å². The minimum atomic E-state index is 0.619. The van der Waals surface area contributed by atoms with E-state index in [1.807, 2.05) is 0 Å². The molecular formula is C12H22N4. The second-order valence-corrected chi connectivity index (χ2v) is 4.74. The second kappa shape index (κ2) is 5.43. The van der Waals surface area contributed by atoms with Crippen molar-refractivity contribution in [1.29, 1.82) is 0 Å². The highest BCUT2D eigenvalue weighted by Crippen LogP contribution is 2.20. The lowest BCUT2D eigenvalue weighted by atomic mass is 9.99. The number of hydrogen-bond donors (Lipinski definition) is 1. The van der Waals surface area contributed by atoms with E-state index in [1.54, 1.807) is 0 Å². The van der Waals surface area contributed by atoms with Gasteiger partial charge in [-0.1, -0.05) is 19.8 Å². The van der Waals surface area contributed by atoms with Gasteiger partial charge in [-0.3, -0.25) is 0 Å². The molecule has 1 aromatic heterocycles. The largest absolute Gasteiger partial charge is 0.330 e. The number of hydrogen-bond acceptors (Lipinski definition) is 3. The Hall–Kier alpha value is -0.900. The maximum Gasteiger partial charge on any atom is 0.133 e. The molecule has 0 saturated heterocycles. The van der Waals surface area contributed by atoms with Gasteiger partial charge in [0.1, 0.15) is 11.6 Å². The Morgan fingerprint density at radius 2 is 2.25 bits per heavy atom. The third-order valence-electron chi connectivity index (χ3n) is 3.46. The first kappa shape index (κ1) is 11.6. The second-order valence-electron chi connectivity index (χ2n) is 4.74. The van der Waals surface area contributed by atoms with Crippen LogP contribution in [0.15, 0.2) is 0 Å². The summed E-state index contributed by atoms with van der Waals surface area (Å²) >= 11 is 0. The van der Waals surface area contributed by atoms with Crippen LogP contribution in [-0.2, 0) is 19.4 Å². The highest BCUT2D eigenvalue weighted by molar-refractivity contribution is 5.00. The van der Waals surface area contributed by atoms with Crippen LogP contribution in [0.25, 0.3) is 0 Å². The van der Waals surface area contributed by atoms with Gasteiger partial charge in [0.15, 0.2) is 0 Å². The molecule has 90 valence electrons. The van der Waals surface area contributed by atoms with Crippen molar-refractivity contribution in [2.24, 2.45) is 11.7 Å². The van der Waals surface area contributed by atoms with Crippen molar-refractivity contribution < 1.29 is 0 Å². The number of fused-ring (bicyclic) bond motifs is 1. The normalized spacial score (nSPS) is 19.8. The molecule has 0 spiro atoms. The lowest BCUT2D eigenvalue weighted by molar-refractivity contribution is 0.366. The third-order valence-corrected chi connectivity index (χ3v) is 3.46. The van der Waals surface area contributed by atoms with Crippen molar-refractivity contribution in [3.63, 3.8) is 0 Å². The summed E-state index contributed by atoms with van der Waals surface area (Å²) in [4.78, 5) is 0. The summed E-state index contributed by atoms with van der Waals surface area (Å²) in [5.74, 6) is 2.95. The van der Waals surface area contributed by atoms with Gasteiger partial charge in [-0.2, -0.15) is 0 Å². The molecule has 0 aliphatic carbocycles. The summed E-state index contributed by atoms with van der Waals surface area (Å²) in [6.45, 7) is 4.04. The Kier molecular flexibility index (Phi) is 3.93. The van der Waals surface area contributed by atoms with Crippen LogP contribution in [0.5, 0.6) is 0 Å². The lowest BCUT2D eigenvalue weighted by Gasteiger charge is -2.22. The number of nitrogens with two attached hydrogens (primary N) is 1. The number of aryl methyl sites for hydroxylation is 2. The molecule has 16 heavy (non-hydrogen) atoms. The summed E-state index contributed by atoms with van der Waals surface area (Å²) in [7, 11) is 0. The van der Waals surface area contributed by atoms with E-state index in [0.29, 0.717) is 5.92 Å². The van der Waals surface area contributed by atoms with Crippen LogP contribution in [0.2, 0.25) is 0 Å². The van der Waals surface area contributed by atoms with Crippen LogP contribution < -0.4 is 5.73 Å². The quantitative estimate of drug-likeness (QED) is 0.769. The van der Waals surface area contributed by atoms with Gasteiger partial charge in [-0.15, -0.1) is 10.2 Å². The van der Waals surface area contributed by atoms with E-state index in [1.165, 1.54) is 31.5 Å². The molecule has 0 radical (unpaired) electrons. The molecule has 4 nitrogen and oxygen atoms in total. The van der Waals surface area contributed by atoms with Crippen molar-refractivity contribution in [1.82, 2.24) is 14.8 Å². The molecule has 2 N–H and O–H groups in total. The molecule has 0 saturated carbocycles. The molecular weight excluding hydrogens is 200 g/mol. The van der Waals surface area contributed by atoms with Gasteiger partial charge < -0.3 is 10.3 Å². The van der Waals surface area contributed by atoms with E-state index >= 15 is 0 Å². The van der Waals surface area contributed by atoms with Gasteiger partial charge in [0.25, 0.3) is 0 Å². The predicted octanol–water partition coefficient (Wildman–Crippen LogP) is 1.53. The summed E-state index contributed by atoms with van der Waals surface area (Å²) in [6.07, 6.45) is 7.04. The monoisotopic (exact) mass is 222 g/mol. The number of aromatic nitrogens is 3. The smallest absolute Gasteiger partial charge is 0.133 e. The molecule has 0 amide bonds. The molecule has 0 aromatic carbocycles. The zero-order valence-electron chi connectivity index (χ0n) is 10.2.